The van der Waals surface area contributed by atoms with E-state index in [2.05, 4.69) is 33.9 Å². The van der Waals surface area contributed by atoms with E-state index in [0.717, 1.165) is 71.2 Å². The molecule has 5 heteroatoms. The van der Waals surface area contributed by atoms with Gasteiger partial charge in [0.2, 0.25) is 0 Å². The molecule has 0 aromatic heterocycles. The zero-order valence-corrected chi connectivity index (χ0v) is 18.5. The summed E-state index contributed by atoms with van der Waals surface area (Å²) in [5, 5.41) is 0.204. The third-order valence-electron chi connectivity index (χ3n) is 8.17. The van der Waals surface area contributed by atoms with E-state index in [9.17, 15) is 0 Å². The Morgan fingerprint density at radius 2 is 1.50 bits per heavy atom. The largest absolute Gasteiger partial charge is 0.411 e. The summed E-state index contributed by atoms with van der Waals surface area (Å²) in [6.07, 6.45) is 8.83. The third-order valence-corrected chi connectivity index (χ3v) is 12.7. The van der Waals surface area contributed by atoms with Crippen molar-refractivity contribution in [3.05, 3.63) is 0 Å². The molecule has 0 unspecified atom stereocenters. The van der Waals surface area contributed by atoms with Gasteiger partial charge >= 0.3 is 0 Å². The molecule has 3 heterocycles. The summed E-state index contributed by atoms with van der Waals surface area (Å²) in [7, 11) is -1.88. The third kappa shape index (κ3) is 2.53. The number of ether oxygens (including phenoxy) is 3. The summed E-state index contributed by atoms with van der Waals surface area (Å²) in [5.41, 5.74) is -0.777. The van der Waals surface area contributed by atoms with Crippen LogP contribution in [0.15, 0.2) is 0 Å². The molecule has 0 N–H and O–H groups in total. The van der Waals surface area contributed by atoms with Crippen molar-refractivity contribution in [3.63, 3.8) is 0 Å². The second kappa shape index (κ2) is 6.28. The van der Waals surface area contributed by atoms with Crippen LogP contribution in [-0.2, 0) is 18.6 Å². The molecule has 150 valence electrons. The first-order valence-corrected chi connectivity index (χ1v) is 13.7. The molecule has 1 saturated carbocycles. The van der Waals surface area contributed by atoms with Crippen LogP contribution in [-0.4, -0.2) is 51.0 Å². The molecule has 4 aliphatic rings. The zero-order chi connectivity index (χ0) is 18.7. The number of hydrogen-bond donors (Lipinski definition) is 0. The van der Waals surface area contributed by atoms with Crippen LogP contribution in [0.5, 0.6) is 0 Å². The van der Waals surface area contributed by atoms with Crippen molar-refractivity contribution >= 4 is 8.32 Å². The highest BCUT2D eigenvalue weighted by Crippen LogP contribution is 2.62. The molecule has 4 fully saturated rings. The van der Waals surface area contributed by atoms with E-state index in [1.807, 2.05) is 0 Å². The first-order valence-electron chi connectivity index (χ1n) is 10.8. The molecule has 0 amide bonds. The summed E-state index contributed by atoms with van der Waals surface area (Å²) in [6, 6.07) is 0. The molecule has 4 atom stereocenters. The Balaban J connectivity index is 1.74. The number of fused-ring (bicyclic) bond motifs is 2. The average molecular weight is 383 g/mol. The summed E-state index contributed by atoms with van der Waals surface area (Å²) in [4.78, 5) is 0. The van der Waals surface area contributed by atoms with Crippen LogP contribution in [0.1, 0.15) is 72.1 Å². The van der Waals surface area contributed by atoms with Gasteiger partial charge < -0.3 is 18.6 Å². The maximum atomic E-state index is 7.05. The quantitative estimate of drug-likeness (QED) is 0.642. The SMILES string of the molecule is CC(C)(C)[Si](C)(C)O[C@H]1CC[C@@]2(CCCO2)[C@@]2(CCCO2)[C@@]12CCCO2. The molecule has 0 radical (unpaired) electrons. The van der Waals surface area contributed by atoms with Crippen molar-refractivity contribution < 1.29 is 18.6 Å². The van der Waals surface area contributed by atoms with Crippen molar-refractivity contribution in [1.82, 2.24) is 0 Å². The highest BCUT2D eigenvalue weighted by atomic mass is 28.4. The zero-order valence-electron chi connectivity index (χ0n) is 17.5. The summed E-state index contributed by atoms with van der Waals surface area (Å²) in [6.45, 7) is 14.3. The summed E-state index contributed by atoms with van der Waals surface area (Å²) in [5.74, 6) is 0. The van der Waals surface area contributed by atoms with Gasteiger partial charge in [-0.3, -0.25) is 0 Å². The van der Waals surface area contributed by atoms with Gasteiger partial charge in [-0.25, -0.2) is 0 Å². The van der Waals surface area contributed by atoms with Crippen LogP contribution in [0.25, 0.3) is 0 Å². The molecule has 0 bridgehead atoms. The molecular formula is C21H38O4Si. The molecule has 3 saturated heterocycles. The van der Waals surface area contributed by atoms with Crippen LogP contribution in [0.3, 0.4) is 0 Å². The van der Waals surface area contributed by atoms with E-state index >= 15 is 0 Å². The minimum absolute atomic E-state index is 0.138. The van der Waals surface area contributed by atoms with Gasteiger partial charge in [0.1, 0.15) is 16.8 Å². The molecule has 3 spiro atoms. The highest BCUT2D eigenvalue weighted by molar-refractivity contribution is 6.74. The fourth-order valence-corrected chi connectivity index (χ4v) is 7.28. The van der Waals surface area contributed by atoms with Crippen LogP contribution in [0.4, 0.5) is 0 Å². The molecule has 0 aromatic carbocycles. The van der Waals surface area contributed by atoms with Gasteiger partial charge in [-0.2, -0.15) is 0 Å². The minimum atomic E-state index is -1.88. The topological polar surface area (TPSA) is 36.9 Å². The van der Waals surface area contributed by atoms with E-state index in [1.165, 1.54) is 0 Å². The second-order valence-electron chi connectivity index (χ2n) is 10.5. The van der Waals surface area contributed by atoms with Crippen molar-refractivity contribution in [1.29, 1.82) is 0 Å². The lowest BCUT2D eigenvalue weighted by atomic mass is 9.58. The standard InChI is InChI=1S/C21H38O4Si/c1-18(2,3)26(4,5)25-17-9-13-19(10-6-14-22-19)21(12-8-16-24-21)20(17)11-7-15-23-20/h17H,6-16H2,1-5H3/t17-,19-,20+,21-/m0/s1. The van der Waals surface area contributed by atoms with Crippen molar-refractivity contribution in [2.45, 2.75) is 113 Å². The molecule has 26 heavy (non-hydrogen) atoms. The van der Waals surface area contributed by atoms with Gasteiger partial charge in [-0.05, 0) is 69.5 Å². The normalized spacial score (nSPS) is 44.0. The van der Waals surface area contributed by atoms with Crippen LogP contribution >= 0.6 is 0 Å². The van der Waals surface area contributed by atoms with E-state index < -0.39 is 8.32 Å². The molecular weight excluding hydrogens is 344 g/mol. The molecule has 4 rings (SSSR count). The van der Waals surface area contributed by atoms with E-state index in [4.69, 9.17) is 18.6 Å². The van der Waals surface area contributed by atoms with Gasteiger partial charge in [0.05, 0.1) is 6.10 Å². The van der Waals surface area contributed by atoms with E-state index in [-0.39, 0.29) is 27.9 Å². The number of hydrogen-bond acceptors (Lipinski definition) is 4. The Labute approximate surface area is 160 Å². The monoisotopic (exact) mass is 382 g/mol. The highest BCUT2D eigenvalue weighted by Gasteiger charge is 2.73. The maximum absolute atomic E-state index is 7.05. The molecule has 1 aliphatic carbocycles. The predicted octanol–water partition coefficient (Wildman–Crippen LogP) is 4.82. The lowest BCUT2D eigenvalue weighted by molar-refractivity contribution is -0.301. The Hall–Kier alpha value is 0.0569. The molecule has 0 aromatic rings. The first kappa shape index (κ1) is 19.4. The Morgan fingerprint density at radius 1 is 0.846 bits per heavy atom. The smallest absolute Gasteiger partial charge is 0.192 e. The minimum Gasteiger partial charge on any atom is -0.411 e. The van der Waals surface area contributed by atoms with Crippen molar-refractivity contribution in [3.8, 4) is 0 Å². The fourth-order valence-electron chi connectivity index (χ4n) is 5.91. The average Bonchev–Trinajstić information content (AvgIpc) is 3.28. The Kier molecular flexibility index (Phi) is 4.68. The van der Waals surface area contributed by atoms with Gasteiger partial charge in [0.25, 0.3) is 0 Å². The first-order chi connectivity index (χ1) is 12.2. The van der Waals surface area contributed by atoms with Crippen LogP contribution in [0, 0.1) is 0 Å². The lowest BCUT2D eigenvalue weighted by Gasteiger charge is -2.61. The second-order valence-corrected chi connectivity index (χ2v) is 15.2. The van der Waals surface area contributed by atoms with Gasteiger partial charge in [0, 0.05) is 19.8 Å². The molecule has 3 aliphatic heterocycles. The maximum Gasteiger partial charge on any atom is 0.192 e. The van der Waals surface area contributed by atoms with Crippen molar-refractivity contribution in [2.24, 2.45) is 0 Å². The fraction of sp³-hybridized carbons (Fsp3) is 1.00. The van der Waals surface area contributed by atoms with Gasteiger partial charge in [0.15, 0.2) is 8.32 Å². The van der Waals surface area contributed by atoms with Crippen LogP contribution in [0.2, 0.25) is 18.1 Å². The summed E-state index contributed by atoms with van der Waals surface area (Å²) < 4.78 is 26.9. The Bertz CT molecular complexity index is 521. The Morgan fingerprint density at radius 3 is 2.04 bits per heavy atom. The summed E-state index contributed by atoms with van der Waals surface area (Å²) >= 11 is 0. The lowest BCUT2D eigenvalue weighted by Crippen LogP contribution is -2.75. The van der Waals surface area contributed by atoms with Gasteiger partial charge in [-0.1, -0.05) is 20.8 Å². The number of rotatable bonds is 2. The predicted molar refractivity (Wildman–Crippen MR) is 105 cm³/mol. The van der Waals surface area contributed by atoms with Crippen molar-refractivity contribution in [2.75, 3.05) is 19.8 Å². The van der Waals surface area contributed by atoms with E-state index in [0.29, 0.717) is 0 Å². The van der Waals surface area contributed by atoms with Gasteiger partial charge in [-0.15, -0.1) is 0 Å². The van der Waals surface area contributed by atoms with E-state index in [1.54, 1.807) is 0 Å². The molecule has 4 nitrogen and oxygen atoms in total. The van der Waals surface area contributed by atoms with Crippen LogP contribution < -0.4 is 0 Å².